The number of carbonyl (C=O) groups excluding carboxylic acids is 2. The number of nitrogens with zero attached hydrogens (tertiary/aromatic N) is 4. The quantitative estimate of drug-likeness (QED) is 0.172. The number of aromatic amines is 1. The van der Waals surface area contributed by atoms with Gasteiger partial charge in [0.1, 0.15) is 36.0 Å². The smallest absolute Gasteiger partial charge is 0.313 e. The third-order valence-electron chi connectivity index (χ3n) is 5.28. The van der Waals surface area contributed by atoms with E-state index in [1.165, 1.54) is 54.0 Å². The molecule has 4 rings (SSSR count). The Labute approximate surface area is 196 Å². The number of thioether (sulfide) groups is 2. The van der Waals surface area contributed by atoms with Crippen LogP contribution >= 0.6 is 23.5 Å². The number of hydrogen-bond donors (Lipinski definition) is 4. The molecule has 2 aliphatic rings. The van der Waals surface area contributed by atoms with Crippen LogP contribution in [0.25, 0.3) is 0 Å². The van der Waals surface area contributed by atoms with Gasteiger partial charge in [-0.1, -0.05) is 29.1 Å². The van der Waals surface area contributed by atoms with E-state index in [1.54, 1.807) is 12.1 Å². The number of amides is 2. The number of phenolic OH excluding ortho intramolecular Hbond substituents is 1. The summed E-state index contributed by atoms with van der Waals surface area (Å²) in [6.07, 6.45) is 1.34. The van der Waals surface area contributed by atoms with Crippen molar-refractivity contribution in [2.24, 2.45) is 10.6 Å². The van der Waals surface area contributed by atoms with Gasteiger partial charge in [-0.3, -0.25) is 19.5 Å². The Balaban J connectivity index is 1.43. The molecule has 2 amide bonds. The number of H-pyrrole nitrogens is 1. The van der Waals surface area contributed by atoms with E-state index < -0.39 is 28.7 Å². The van der Waals surface area contributed by atoms with Crippen molar-refractivity contribution in [1.29, 1.82) is 0 Å². The van der Waals surface area contributed by atoms with Gasteiger partial charge in [0.05, 0.1) is 0 Å². The molecule has 1 aromatic carbocycles. The van der Waals surface area contributed by atoms with Gasteiger partial charge in [0.15, 0.2) is 10.9 Å². The first-order valence-corrected chi connectivity index (χ1v) is 11.7. The molecule has 0 aliphatic carbocycles. The normalized spacial score (nSPS) is 24.6. The van der Waals surface area contributed by atoms with Crippen molar-refractivity contribution in [2.75, 3.05) is 25.2 Å². The van der Waals surface area contributed by atoms with Gasteiger partial charge in [0, 0.05) is 23.6 Å². The molecular weight excluding hydrogens is 472 g/mol. The Bertz CT molecular complexity index is 1100. The first-order chi connectivity index (χ1) is 15.8. The highest BCUT2D eigenvalue weighted by atomic mass is 32.2. The van der Waals surface area contributed by atoms with Gasteiger partial charge in [-0.25, -0.2) is 4.98 Å². The molecule has 2 aliphatic heterocycles. The molecule has 2 aromatic rings. The summed E-state index contributed by atoms with van der Waals surface area (Å²) < 4.78 is 0. The number of carboxylic acid groups (broad SMARTS) is 1. The van der Waals surface area contributed by atoms with Crippen LogP contribution in [0, 0.1) is 5.41 Å². The number of benzene rings is 1. The Kier molecular flexibility index (Phi) is 6.47. The van der Waals surface area contributed by atoms with Gasteiger partial charge in [-0.15, -0.1) is 11.8 Å². The standard InChI is InChI=1S/C19H20N6O6S2/c1-31-24-12(10-3-2-4-11(26)5-10)14(27)22-13-15(28)25-6-19(17(29)30,7-32-16(13)25)8-33-18-20-9-21-23-18/h2-5,9,13,16,26H,6-8H2,1H3,(H,22,27)(H,29,30)(H,20,21,23)/t13?,16-,19?/m1/s1. The highest BCUT2D eigenvalue weighted by Crippen LogP contribution is 2.44. The Morgan fingerprint density at radius 2 is 2.30 bits per heavy atom. The number of aromatic hydroxyl groups is 1. The van der Waals surface area contributed by atoms with Crippen LogP contribution < -0.4 is 5.32 Å². The number of fused-ring (bicyclic) bond motifs is 1. The van der Waals surface area contributed by atoms with E-state index in [4.69, 9.17) is 4.84 Å². The summed E-state index contributed by atoms with van der Waals surface area (Å²) in [6.45, 7) is 0.0257. The Morgan fingerprint density at radius 3 is 2.97 bits per heavy atom. The van der Waals surface area contributed by atoms with Crippen LogP contribution in [0.15, 0.2) is 40.9 Å². The summed E-state index contributed by atoms with van der Waals surface area (Å²) in [5, 5.41) is 32.5. The van der Waals surface area contributed by atoms with Crippen LogP contribution in [0.5, 0.6) is 5.75 Å². The second-order valence-electron chi connectivity index (χ2n) is 7.46. The molecule has 3 atom stereocenters. The molecule has 12 nitrogen and oxygen atoms in total. The number of phenols is 1. The molecule has 3 heterocycles. The molecule has 14 heteroatoms. The van der Waals surface area contributed by atoms with Crippen LogP contribution in [0.4, 0.5) is 0 Å². The maximum atomic E-state index is 12.8. The molecule has 2 saturated heterocycles. The summed E-state index contributed by atoms with van der Waals surface area (Å²) in [6, 6.07) is 5.12. The lowest BCUT2D eigenvalue weighted by Crippen LogP contribution is -2.74. The van der Waals surface area contributed by atoms with E-state index in [0.29, 0.717) is 10.7 Å². The number of nitrogens with one attached hydrogen (secondary N) is 2. The Hall–Kier alpha value is -3.26. The fourth-order valence-electron chi connectivity index (χ4n) is 3.56. The van der Waals surface area contributed by atoms with Crippen molar-refractivity contribution in [3.63, 3.8) is 0 Å². The second kappa shape index (κ2) is 9.31. The van der Waals surface area contributed by atoms with E-state index in [-0.39, 0.29) is 35.4 Å². The number of aliphatic carboxylic acids is 1. The third-order valence-corrected chi connectivity index (χ3v) is 8.03. The monoisotopic (exact) mass is 492 g/mol. The fourth-order valence-corrected chi connectivity index (χ4v) is 6.20. The topological polar surface area (TPSA) is 170 Å². The predicted molar refractivity (Wildman–Crippen MR) is 119 cm³/mol. The molecule has 0 bridgehead atoms. The van der Waals surface area contributed by atoms with Crippen LogP contribution in [0.1, 0.15) is 5.56 Å². The third kappa shape index (κ3) is 4.48. The summed E-state index contributed by atoms with van der Waals surface area (Å²) >= 11 is 2.53. The number of carboxylic acids is 1. The molecular formula is C19H20N6O6S2. The maximum absolute atomic E-state index is 12.8. The lowest BCUT2D eigenvalue weighted by Gasteiger charge is -2.53. The van der Waals surface area contributed by atoms with Crippen molar-refractivity contribution < 1.29 is 29.4 Å². The molecule has 1 aromatic heterocycles. The van der Waals surface area contributed by atoms with Crippen molar-refractivity contribution in [1.82, 2.24) is 25.4 Å². The lowest BCUT2D eigenvalue weighted by atomic mass is 9.89. The average molecular weight is 493 g/mol. The first-order valence-electron chi connectivity index (χ1n) is 9.70. The summed E-state index contributed by atoms with van der Waals surface area (Å²) in [5.41, 5.74) is -0.930. The molecule has 174 valence electrons. The molecule has 2 unspecified atom stereocenters. The van der Waals surface area contributed by atoms with Gasteiger partial charge in [-0.05, 0) is 12.1 Å². The largest absolute Gasteiger partial charge is 0.508 e. The van der Waals surface area contributed by atoms with Gasteiger partial charge < -0.3 is 25.3 Å². The van der Waals surface area contributed by atoms with Crippen LogP contribution in [0.2, 0.25) is 0 Å². The van der Waals surface area contributed by atoms with Crippen molar-refractivity contribution in [2.45, 2.75) is 16.6 Å². The molecule has 4 N–H and O–H groups in total. The van der Waals surface area contributed by atoms with Crippen LogP contribution in [-0.2, 0) is 19.2 Å². The van der Waals surface area contributed by atoms with Gasteiger partial charge in [-0.2, -0.15) is 5.10 Å². The van der Waals surface area contributed by atoms with Gasteiger partial charge >= 0.3 is 5.97 Å². The number of carbonyl (C=O) groups is 3. The van der Waals surface area contributed by atoms with E-state index in [1.807, 2.05) is 0 Å². The molecule has 33 heavy (non-hydrogen) atoms. The lowest BCUT2D eigenvalue weighted by molar-refractivity contribution is -0.157. The number of aromatic nitrogens is 3. The zero-order chi connectivity index (χ0) is 23.6. The van der Waals surface area contributed by atoms with E-state index in [9.17, 15) is 24.6 Å². The highest BCUT2D eigenvalue weighted by molar-refractivity contribution is 8.00. The molecule has 0 spiro atoms. The van der Waals surface area contributed by atoms with E-state index in [2.05, 4.69) is 25.7 Å². The molecule has 0 radical (unpaired) electrons. The summed E-state index contributed by atoms with van der Waals surface area (Å²) in [7, 11) is 1.28. The zero-order valence-electron chi connectivity index (χ0n) is 17.3. The minimum Gasteiger partial charge on any atom is -0.508 e. The first kappa shape index (κ1) is 22.9. The highest BCUT2D eigenvalue weighted by Gasteiger charge is 2.57. The van der Waals surface area contributed by atoms with Crippen LogP contribution in [0.3, 0.4) is 0 Å². The van der Waals surface area contributed by atoms with Crippen molar-refractivity contribution in [3.8, 4) is 5.75 Å². The predicted octanol–water partition coefficient (Wildman–Crippen LogP) is 0.124. The van der Waals surface area contributed by atoms with E-state index >= 15 is 0 Å². The van der Waals surface area contributed by atoms with Crippen molar-refractivity contribution in [3.05, 3.63) is 36.2 Å². The van der Waals surface area contributed by atoms with E-state index in [0.717, 1.165) is 0 Å². The van der Waals surface area contributed by atoms with Gasteiger partial charge in [0.25, 0.3) is 5.91 Å². The Morgan fingerprint density at radius 1 is 1.48 bits per heavy atom. The summed E-state index contributed by atoms with van der Waals surface area (Å²) in [4.78, 5) is 48.0. The minimum atomic E-state index is -1.16. The zero-order valence-corrected chi connectivity index (χ0v) is 18.9. The van der Waals surface area contributed by atoms with Crippen LogP contribution in [-0.4, -0.2) is 90.4 Å². The SMILES string of the molecule is CON=C(C(=O)NC1C(=O)N2CC(CSc3ncn[nH]3)(C(=O)O)CS[C@H]12)c1cccc(O)c1. The second-order valence-corrected chi connectivity index (χ2v) is 9.53. The van der Waals surface area contributed by atoms with Crippen molar-refractivity contribution >= 4 is 47.0 Å². The fraction of sp³-hybridized carbons (Fsp3) is 0.368. The summed E-state index contributed by atoms with van der Waals surface area (Å²) in [5.74, 6) is -1.60. The number of rotatable bonds is 8. The average Bonchev–Trinajstić information content (AvgIpc) is 3.33. The molecule has 2 fully saturated rings. The number of hydrogen-bond acceptors (Lipinski definition) is 10. The number of β-lactam (4-membered cyclic amide) rings is 1. The number of oxime groups is 1. The van der Waals surface area contributed by atoms with Gasteiger partial charge in [0.2, 0.25) is 5.91 Å². The minimum absolute atomic E-state index is 0.0257. The maximum Gasteiger partial charge on any atom is 0.313 e. The molecule has 0 saturated carbocycles.